The first kappa shape index (κ1) is 43.5. The lowest BCUT2D eigenvalue weighted by Crippen LogP contribution is -2.24. The maximum absolute atomic E-state index is 7.02. The van der Waals surface area contributed by atoms with Gasteiger partial charge in [-0.25, -0.2) is 0 Å². The van der Waals surface area contributed by atoms with Crippen LogP contribution in [-0.4, -0.2) is 17.6 Å². The Morgan fingerprint density at radius 3 is 1.68 bits per heavy atom. The van der Waals surface area contributed by atoms with E-state index in [2.05, 4.69) is 271 Å². The van der Waals surface area contributed by atoms with Gasteiger partial charge in [-0.1, -0.05) is 181 Å². The summed E-state index contributed by atoms with van der Waals surface area (Å²) in [6.07, 6.45) is 2.45. The Balaban J connectivity index is 0.921. The van der Waals surface area contributed by atoms with Crippen molar-refractivity contribution in [2.24, 2.45) is 0 Å². The zero-order valence-electron chi connectivity index (χ0n) is 41.6. The molecule has 354 valence electrons. The Morgan fingerprint density at radius 2 is 0.986 bits per heavy atom. The summed E-state index contributed by atoms with van der Waals surface area (Å²) in [6, 6.07) is 81.3. The summed E-state index contributed by atoms with van der Waals surface area (Å²) in [5.74, 6) is 2.59. The SMILES string of the molecule is Cc1cc(C)c(C2=Cc3c(n4c5cc(Oc6cccc(N7CN(c8c(-c9ccccc9)cccc8-c8ccccc8)c8ccccc87)c6)ccc5c5cccc(c6ccccc6c6ccccc36)c54)NC2)c(C)c1. The lowest BCUT2D eigenvalue weighted by atomic mass is 9.90. The highest BCUT2D eigenvalue weighted by atomic mass is 16.5. The first-order chi connectivity index (χ1) is 36.4. The van der Waals surface area contributed by atoms with Gasteiger partial charge in [-0.3, -0.25) is 4.40 Å². The highest BCUT2D eigenvalue weighted by molar-refractivity contribution is 6.23. The number of nitrogens with zero attached hydrogens (tertiary/aromatic N) is 3. The van der Waals surface area contributed by atoms with Crippen molar-refractivity contribution in [2.45, 2.75) is 20.8 Å². The molecular formula is C69H52N4O. The van der Waals surface area contributed by atoms with E-state index in [1.807, 2.05) is 0 Å². The fraction of sp³-hybridized carbons (Fsp3) is 0.0725. The first-order valence-electron chi connectivity index (χ1n) is 25.6. The van der Waals surface area contributed by atoms with Crippen LogP contribution in [0.15, 0.2) is 224 Å². The van der Waals surface area contributed by atoms with Gasteiger partial charge in [0, 0.05) is 57.2 Å². The predicted octanol–water partition coefficient (Wildman–Crippen LogP) is 18.4. The van der Waals surface area contributed by atoms with E-state index in [9.17, 15) is 0 Å². The van der Waals surface area contributed by atoms with Gasteiger partial charge in [0.25, 0.3) is 0 Å². The fourth-order valence-electron chi connectivity index (χ4n) is 12.3. The van der Waals surface area contributed by atoms with Crippen molar-refractivity contribution in [1.29, 1.82) is 0 Å². The lowest BCUT2D eigenvalue weighted by molar-refractivity contribution is 0.483. The number of rotatable bonds is 7. The van der Waals surface area contributed by atoms with Crippen LogP contribution in [0.2, 0.25) is 0 Å². The van der Waals surface area contributed by atoms with E-state index in [0.717, 1.165) is 45.5 Å². The first-order valence-corrected chi connectivity index (χ1v) is 25.6. The fourth-order valence-corrected chi connectivity index (χ4v) is 12.3. The number of hydrogen-bond donors (Lipinski definition) is 1. The Morgan fingerprint density at radius 1 is 0.446 bits per heavy atom. The number of nitrogens with one attached hydrogen (secondary N) is 1. The number of para-hydroxylation sites is 4. The number of fused-ring (bicyclic) bond motifs is 11. The van der Waals surface area contributed by atoms with E-state index in [0.29, 0.717) is 13.2 Å². The van der Waals surface area contributed by atoms with Crippen LogP contribution in [0.25, 0.3) is 82.6 Å². The van der Waals surface area contributed by atoms with Gasteiger partial charge in [-0.05, 0) is 118 Å². The monoisotopic (exact) mass is 952 g/mol. The van der Waals surface area contributed by atoms with Crippen LogP contribution < -0.4 is 19.9 Å². The van der Waals surface area contributed by atoms with Gasteiger partial charge in [-0.15, -0.1) is 0 Å². The molecule has 1 N–H and O–H groups in total. The van der Waals surface area contributed by atoms with Crippen molar-refractivity contribution in [3.63, 3.8) is 0 Å². The molecule has 12 aromatic rings. The van der Waals surface area contributed by atoms with Crippen LogP contribution in [0.5, 0.6) is 11.5 Å². The molecule has 2 aliphatic rings. The second-order valence-corrected chi connectivity index (χ2v) is 19.9. The molecule has 0 fully saturated rings. The Bertz CT molecular complexity index is 4220. The maximum Gasteiger partial charge on any atom is 0.129 e. The minimum atomic E-state index is 0.622. The Labute approximate surface area is 431 Å². The van der Waals surface area contributed by atoms with E-state index in [-0.39, 0.29) is 0 Å². The van der Waals surface area contributed by atoms with E-state index < -0.39 is 0 Å². The zero-order valence-corrected chi connectivity index (χ0v) is 41.6. The third-order valence-electron chi connectivity index (χ3n) is 15.3. The average molecular weight is 953 g/mol. The molecule has 0 saturated carbocycles. The molecule has 74 heavy (non-hydrogen) atoms. The van der Waals surface area contributed by atoms with Crippen molar-refractivity contribution in [3.8, 4) is 33.8 Å². The van der Waals surface area contributed by atoms with Crippen molar-refractivity contribution >= 4 is 89.0 Å². The van der Waals surface area contributed by atoms with E-state index in [4.69, 9.17) is 4.74 Å². The topological polar surface area (TPSA) is 32.2 Å². The molecule has 0 aliphatic carbocycles. The van der Waals surface area contributed by atoms with Crippen molar-refractivity contribution in [3.05, 3.63) is 252 Å². The smallest absolute Gasteiger partial charge is 0.129 e. The third-order valence-corrected chi connectivity index (χ3v) is 15.3. The van der Waals surface area contributed by atoms with Gasteiger partial charge in [-0.2, -0.15) is 0 Å². The highest BCUT2D eigenvalue weighted by Crippen LogP contribution is 2.51. The van der Waals surface area contributed by atoms with Crippen LogP contribution >= 0.6 is 0 Å². The van der Waals surface area contributed by atoms with E-state index >= 15 is 0 Å². The van der Waals surface area contributed by atoms with Crippen LogP contribution in [0.1, 0.15) is 27.8 Å². The predicted molar refractivity (Wildman–Crippen MR) is 313 cm³/mol. The maximum atomic E-state index is 7.02. The second kappa shape index (κ2) is 17.5. The molecule has 14 rings (SSSR count). The molecule has 0 bridgehead atoms. The summed E-state index contributed by atoms with van der Waals surface area (Å²) in [5.41, 5.74) is 19.1. The Hall–Kier alpha value is -9.32. The van der Waals surface area contributed by atoms with Gasteiger partial charge < -0.3 is 19.9 Å². The van der Waals surface area contributed by atoms with E-state index in [1.165, 1.54) is 99.0 Å². The van der Waals surface area contributed by atoms with Crippen LogP contribution in [0, 0.1) is 20.8 Å². The van der Waals surface area contributed by atoms with Gasteiger partial charge in [0.1, 0.15) is 24.0 Å². The molecule has 10 aromatic carbocycles. The summed E-state index contributed by atoms with van der Waals surface area (Å²) in [4.78, 5) is 4.88. The van der Waals surface area contributed by atoms with Crippen molar-refractivity contribution in [2.75, 3.05) is 28.3 Å². The zero-order chi connectivity index (χ0) is 49.4. The molecule has 0 atom stereocenters. The van der Waals surface area contributed by atoms with Crippen LogP contribution in [-0.2, 0) is 0 Å². The van der Waals surface area contributed by atoms with Crippen molar-refractivity contribution in [1.82, 2.24) is 4.40 Å². The van der Waals surface area contributed by atoms with Crippen LogP contribution in [0.3, 0.4) is 0 Å². The average Bonchev–Trinajstić information content (AvgIpc) is 4.00. The largest absolute Gasteiger partial charge is 0.457 e. The summed E-state index contributed by atoms with van der Waals surface area (Å²) >= 11 is 0. The molecule has 5 heteroatoms. The summed E-state index contributed by atoms with van der Waals surface area (Å²) in [6.45, 7) is 7.99. The number of aryl methyl sites for hydroxylation is 3. The quantitative estimate of drug-likeness (QED) is 0.173. The van der Waals surface area contributed by atoms with Gasteiger partial charge >= 0.3 is 0 Å². The second-order valence-electron chi connectivity index (χ2n) is 19.9. The minimum absolute atomic E-state index is 0.622. The van der Waals surface area contributed by atoms with Gasteiger partial charge in [0.2, 0.25) is 0 Å². The normalized spacial score (nSPS) is 13.1. The number of hydrogen-bond acceptors (Lipinski definition) is 4. The lowest BCUT2D eigenvalue weighted by Gasteiger charge is -2.27. The summed E-state index contributed by atoms with van der Waals surface area (Å²) < 4.78 is 9.50. The Kier molecular flexibility index (Phi) is 10.3. The molecule has 0 spiro atoms. The van der Waals surface area contributed by atoms with E-state index in [1.54, 1.807) is 0 Å². The van der Waals surface area contributed by atoms with Gasteiger partial charge in [0.15, 0.2) is 0 Å². The molecule has 4 heterocycles. The molecule has 2 aliphatic heterocycles. The number of benzene rings is 10. The third kappa shape index (κ3) is 7.07. The molecular weight excluding hydrogens is 901 g/mol. The summed E-state index contributed by atoms with van der Waals surface area (Å²) in [7, 11) is 0. The van der Waals surface area contributed by atoms with Crippen LogP contribution in [0.4, 0.5) is 28.6 Å². The molecule has 0 unspecified atom stereocenters. The standard InChI is InChI=1S/C69H52N4O/c1-44-37-45(2)66(46(3)38-44)49-39-62-58-28-13-11-26-56(58)55-25-10-12-27-57(55)60-31-18-32-61-59-36-35-52(41-65(59)73(68(60)61)69(62)70-42-49)74-51-24-16-23-50(40-51)71-43-72(64-34-15-14-33-63(64)71)67-53(47-19-6-4-7-20-47)29-17-30-54(67)48-21-8-5-9-22-48/h4-41,70H,42-43H2,1-3H3. The van der Waals surface area contributed by atoms with Gasteiger partial charge in [0.05, 0.1) is 28.1 Å². The van der Waals surface area contributed by atoms with Crippen molar-refractivity contribution < 1.29 is 4.74 Å². The molecule has 5 nitrogen and oxygen atoms in total. The minimum Gasteiger partial charge on any atom is -0.457 e. The number of ether oxygens (including phenoxy) is 1. The molecule has 2 aromatic heterocycles. The molecule has 0 radical (unpaired) electrons. The molecule has 0 amide bonds. The highest BCUT2D eigenvalue weighted by Gasteiger charge is 2.32. The summed E-state index contributed by atoms with van der Waals surface area (Å²) in [5, 5.41) is 12.4. The number of aromatic nitrogens is 1. The number of anilines is 5. The molecule has 0 saturated heterocycles.